The molecule has 1 N–H and O–H groups in total. The van der Waals surface area contributed by atoms with Crippen LogP contribution in [0.15, 0.2) is 16.8 Å². The minimum Gasteiger partial charge on any atom is -0.373 e. The molecule has 0 aliphatic carbocycles. The number of nitrogens with zero attached hydrogens (tertiary/aromatic N) is 5. The van der Waals surface area contributed by atoms with Gasteiger partial charge in [-0.3, -0.25) is 9.59 Å². The largest absolute Gasteiger partial charge is 0.373 e. The van der Waals surface area contributed by atoms with E-state index in [0.29, 0.717) is 25.5 Å². The Morgan fingerprint density at radius 2 is 2.11 bits per heavy atom. The highest BCUT2D eigenvalue weighted by molar-refractivity contribution is 5.91. The predicted octanol–water partition coefficient (Wildman–Crippen LogP) is 1.78. The summed E-state index contributed by atoms with van der Waals surface area (Å²) in [5.41, 5.74) is 1.90. The van der Waals surface area contributed by atoms with Crippen LogP contribution in [0, 0.1) is 0 Å². The van der Waals surface area contributed by atoms with E-state index in [0.717, 1.165) is 42.8 Å². The molecule has 9 nitrogen and oxygen atoms in total. The lowest BCUT2D eigenvalue weighted by molar-refractivity contribution is -0.129. The van der Waals surface area contributed by atoms with Crippen LogP contribution in [-0.4, -0.2) is 56.9 Å². The quantitative estimate of drug-likeness (QED) is 0.860. The van der Waals surface area contributed by atoms with E-state index in [1.165, 1.54) is 6.20 Å². The second kappa shape index (κ2) is 7.57. The van der Waals surface area contributed by atoms with Crippen molar-refractivity contribution in [1.82, 2.24) is 24.9 Å². The number of hydrogen-bond donors (Lipinski definition) is 1. The Kier molecular flexibility index (Phi) is 4.97. The number of nitrogens with one attached hydrogen (secondary N) is 1. The second-order valence-corrected chi connectivity index (χ2v) is 7.18. The molecular formula is C19H24N6O3. The van der Waals surface area contributed by atoms with E-state index in [2.05, 4.69) is 10.5 Å². The number of carbonyl (C=O) groups is 2. The fourth-order valence-corrected chi connectivity index (χ4v) is 3.98. The number of likely N-dealkylation sites (tertiary alicyclic amines) is 1. The maximum atomic E-state index is 12.9. The van der Waals surface area contributed by atoms with Gasteiger partial charge in [-0.1, -0.05) is 5.16 Å². The van der Waals surface area contributed by atoms with Crippen LogP contribution in [0.3, 0.4) is 0 Å². The summed E-state index contributed by atoms with van der Waals surface area (Å²) in [6.45, 7) is 3.33. The highest BCUT2D eigenvalue weighted by atomic mass is 16.5. The van der Waals surface area contributed by atoms with Crippen LogP contribution in [0.1, 0.15) is 59.9 Å². The van der Waals surface area contributed by atoms with Gasteiger partial charge in [-0.25, -0.2) is 9.97 Å². The molecule has 9 heteroatoms. The van der Waals surface area contributed by atoms with Crippen molar-refractivity contribution in [1.29, 1.82) is 0 Å². The number of anilines is 1. The number of aromatic nitrogens is 3. The molecule has 0 aromatic carbocycles. The van der Waals surface area contributed by atoms with E-state index in [-0.39, 0.29) is 23.6 Å². The normalized spacial score (nSPS) is 19.3. The maximum absolute atomic E-state index is 12.9. The zero-order valence-electron chi connectivity index (χ0n) is 16.1. The minimum absolute atomic E-state index is 0.0385. The van der Waals surface area contributed by atoms with Crippen LogP contribution in [0.2, 0.25) is 0 Å². The van der Waals surface area contributed by atoms with Gasteiger partial charge in [0, 0.05) is 38.7 Å². The summed E-state index contributed by atoms with van der Waals surface area (Å²) < 4.78 is 5.07. The Morgan fingerprint density at radius 1 is 1.25 bits per heavy atom. The van der Waals surface area contributed by atoms with Gasteiger partial charge in [0.15, 0.2) is 5.82 Å². The lowest BCUT2D eigenvalue weighted by Gasteiger charge is -2.35. The maximum Gasteiger partial charge on any atom is 0.293 e. The van der Waals surface area contributed by atoms with Crippen molar-refractivity contribution < 1.29 is 14.1 Å². The molecule has 2 aliphatic rings. The van der Waals surface area contributed by atoms with E-state index < -0.39 is 0 Å². The summed E-state index contributed by atoms with van der Waals surface area (Å²) in [6, 6.07) is 1.35. The Balaban J connectivity index is 1.69. The number of amides is 2. The van der Waals surface area contributed by atoms with Crippen molar-refractivity contribution in [2.75, 3.05) is 25.5 Å². The molecule has 0 radical (unpaired) electrons. The third-order valence-electron chi connectivity index (χ3n) is 5.47. The molecule has 4 rings (SSSR count). The number of carbonyl (C=O) groups excluding carboxylic acids is 2. The molecule has 148 valence electrons. The highest BCUT2D eigenvalue weighted by Gasteiger charge is 2.34. The summed E-state index contributed by atoms with van der Waals surface area (Å²) in [6.07, 6.45) is 4.91. The lowest BCUT2D eigenvalue weighted by Crippen LogP contribution is -2.40. The zero-order chi connectivity index (χ0) is 19.7. The zero-order valence-corrected chi connectivity index (χ0v) is 16.1. The smallest absolute Gasteiger partial charge is 0.293 e. The van der Waals surface area contributed by atoms with E-state index in [9.17, 15) is 9.59 Å². The van der Waals surface area contributed by atoms with E-state index in [1.807, 2.05) is 7.05 Å². The fraction of sp³-hybridized carbons (Fsp3) is 0.526. The Hall–Kier alpha value is -2.97. The fourth-order valence-electron chi connectivity index (χ4n) is 3.98. The highest BCUT2D eigenvalue weighted by Crippen LogP contribution is 2.33. The first-order valence-electron chi connectivity index (χ1n) is 9.63. The third-order valence-corrected chi connectivity index (χ3v) is 5.47. The predicted molar refractivity (Wildman–Crippen MR) is 101 cm³/mol. The standard InChI is InChI=1S/C19H24N6O3/c1-12(26)24-10-7-13-14(11-24)22-18(23-17(13)20-2)15-5-3-4-9-25(15)19(27)16-6-8-21-28-16/h6,8,15H,3-5,7,9-11H2,1-2H3,(H,20,22,23)/t15-/m1/s1. The van der Waals surface area contributed by atoms with Crippen LogP contribution < -0.4 is 5.32 Å². The van der Waals surface area contributed by atoms with Crippen molar-refractivity contribution in [3.8, 4) is 0 Å². The molecule has 1 atom stereocenters. The summed E-state index contributed by atoms with van der Waals surface area (Å²) in [4.78, 5) is 37.8. The summed E-state index contributed by atoms with van der Waals surface area (Å²) in [5.74, 6) is 1.46. The number of hydrogen-bond acceptors (Lipinski definition) is 7. The van der Waals surface area contributed by atoms with Gasteiger partial charge < -0.3 is 19.6 Å². The van der Waals surface area contributed by atoms with Gasteiger partial charge in [-0.05, 0) is 25.7 Å². The topological polar surface area (TPSA) is 104 Å². The molecule has 1 saturated heterocycles. The molecule has 2 amide bonds. The van der Waals surface area contributed by atoms with Crippen LogP contribution >= 0.6 is 0 Å². The Morgan fingerprint density at radius 3 is 2.82 bits per heavy atom. The van der Waals surface area contributed by atoms with Gasteiger partial charge in [0.1, 0.15) is 5.82 Å². The van der Waals surface area contributed by atoms with Gasteiger partial charge in [0.2, 0.25) is 11.7 Å². The summed E-state index contributed by atoms with van der Waals surface area (Å²) in [7, 11) is 1.84. The van der Waals surface area contributed by atoms with Crippen molar-refractivity contribution in [2.24, 2.45) is 0 Å². The molecule has 0 saturated carbocycles. The number of piperidine rings is 1. The monoisotopic (exact) mass is 384 g/mol. The Bertz CT molecular complexity index is 882. The molecular weight excluding hydrogens is 360 g/mol. The number of rotatable bonds is 3. The molecule has 0 unspecified atom stereocenters. The van der Waals surface area contributed by atoms with E-state index >= 15 is 0 Å². The second-order valence-electron chi connectivity index (χ2n) is 7.18. The Labute approximate surface area is 163 Å². The lowest BCUT2D eigenvalue weighted by atomic mass is 9.99. The first-order chi connectivity index (χ1) is 13.6. The average Bonchev–Trinajstić information content (AvgIpc) is 3.26. The summed E-state index contributed by atoms with van der Waals surface area (Å²) in [5, 5.41) is 6.81. The van der Waals surface area contributed by atoms with Crippen LogP contribution in [0.4, 0.5) is 5.82 Å². The van der Waals surface area contributed by atoms with Gasteiger partial charge in [0.25, 0.3) is 5.91 Å². The molecule has 28 heavy (non-hydrogen) atoms. The molecule has 2 aromatic rings. The van der Waals surface area contributed by atoms with E-state index in [4.69, 9.17) is 14.5 Å². The molecule has 2 aliphatic heterocycles. The average molecular weight is 384 g/mol. The molecule has 1 fully saturated rings. The van der Waals surface area contributed by atoms with Crippen molar-refractivity contribution in [3.63, 3.8) is 0 Å². The first kappa shape index (κ1) is 18.4. The third kappa shape index (κ3) is 3.32. The van der Waals surface area contributed by atoms with Crippen molar-refractivity contribution >= 4 is 17.6 Å². The molecule has 2 aromatic heterocycles. The number of fused-ring (bicyclic) bond motifs is 1. The van der Waals surface area contributed by atoms with E-state index in [1.54, 1.807) is 22.8 Å². The van der Waals surface area contributed by atoms with Crippen molar-refractivity contribution in [3.05, 3.63) is 35.1 Å². The van der Waals surface area contributed by atoms with Gasteiger partial charge in [-0.15, -0.1) is 0 Å². The van der Waals surface area contributed by atoms with Crippen molar-refractivity contribution in [2.45, 2.75) is 45.2 Å². The van der Waals surface area contributed by atoms with Gasteiger partial charge in [-0.2, -0.15) is 0 Å². The molecule has 4 heterocycles. The minimum atomic E-state index is -0.226. The molecule has 0 bridgehead atoms. The van der Waals surface area contributed by atoms with Crippen LogP contribution in [-0.2, 0) is 17.8 Å². The summed E-state index contributed by atoms with van der Waals surface area (Å²) >= 11 is 0. The molecule has 0 spiro atoms. The van der Waals surface area contributed by atoms with Gasteiger partial charge >= 0.3 is 0 Å². The SMILES string of the molecule is CNc1nc([C@H]2CCCCN2C(=O)c2ccno2)nc2c1CCN(C(C)=O)C2. The van der Waals surface area contributed by atoms with Gasteiger partial charge in [0.05, 0.1) is 24.5 Å². The van der Waals surface area contributed by atoms with Crippen LogP contribution in [0.5, 0.6) is 0 Å². The first-order valence-corrected chi connectivity index (χ1v) is 9.63. The van der Waals surface area contributed by atoms with Crippen LogP contribution in [0.25, 0.3) is 0 Å².